The molecule has 0 bridgehead atoms. The molecular weight excluding hydrogens is 180 g/mol. The second-order valence-corrected chi connectivity index (χ2v) is 2.82. The molecule has 0 unspecified atom stereocenters. The molecule has 0 aliphatic carbocycles. The van der Waals surface area contributed by atoms with Crippen molar-refractivity contribution in [3.05, 3.63) is 30.1 Å². The maximum absolute atomic E-state index is 9.08. The summed E-state index contributed by atoms with van der Waals surface area (Å²) in [7, 11) is 0. The minimum atomic E-state index is 0.210. The van der Waals surface area contributed by atoms with Crippen molar-refractivity contribution in [1.29, 1.82) is 0 Å². The quantitative estimate of drug-likeness (QED) is 0.721. The Morgan fingerprint density at radius 1 is 0.929 bits per heavy atom. The van der Waals surface area contributed by atoms with E-state index in [0.717, 1.165) is 5.56 Å². The highest BCUT2D eigenvalue weighted by Gasteiger charge is 2.01. The molecule has 0 radical (unpaired) electrons. The van der Waals surface area contributed by atoms with E-state index in [0.29, 0.717) is 11.6 Å². The van der Waals surface area contributed by atoms with Crippen molar-refractivity contribution in [1.82, 2.24) is 20.4 Å². The Bertz CT molecular complexity index is 380. The summed E-state index contributed by atoms with van der Waals surface area (Å²) in [6, 6.07) is 6.56. The minimum Gasteiger partial charge on any atom is -0.508 e. The second kappa shape index (κ2) is 3.37. The van der Waals surface area contributed by atoms with Crippen LogP contribution in [0.25, 0.3) is 11.4 Å². The molecule has 1 N–H and O–H groups in total. The van der Waals surface area contributed by atoms with E-state index in [1.54, 1.807) is 31.2 Å². The zero-order valence-corrected chi connectivity index (χ0v) is 7.55. The number of hydrogen-bond donors (Lipinski definition) is 1. The Hall–Kier alpha value is -2.04. The van der Waals surface area contributed by atoms with Crippen molar-refractivity contribution in [2.45, 2.75) is 6.92 Å². The monoisotopic (exact) mass is 188 g/mol. The Balaban J connectivity index is 2.40. The van der Waals surface area contributed by atoms with Crippen LogP contribution in [0.5, 0.6) is 5.75 Å². The van der Waals surface area contributed by atoms with E-state index in [1.807, 2.05) is 0 Å². The van der Waals surface area contributed by atoms with Gasteiger partial charge in [-0.25, -0.2) is 0 Å². The summed E-state index contributed by atoms with van der Waals surface area (Å²) < 4.78 is 0. The highest BCUT2D eigenvalue weighted by atomic mass is 16.3. The average Bonchev–Trinajstić information content (AvgIpc) is 2.21. The predicted octanol–water partition coefficient (Wildman–Crippen LogP) is 0.948. The first-order chi connectivity index (χ1) is 6.75. The minimum absolute atomic E-state index is 0.210. The molecular formula is C9H8N4O. The van der Waals surface area contributed by atoms with Crippen LogP contribution in [0.2, 0.25) is 0 Å². The summed E-state index contributed by atoms with van der Waals surface area (Å²) in [5, 5.41) is 24.4. The fraction of sp³-hybridized carbons (Fsp3) is 0.111. The van der Waals surface area contributed by atoms with Gasteiger partial charge in [-0.05, 0) is 31.2 Å². The Labute approximate surface area is 80.5 Å². The van der Waals surface area contributed by atoms with Crippen LogP contribution in [-0.4, -0.2) is 25.5 Å². The number of phenolic OH excluding ortho intramolecular Hbond substituents is 1. The molecule has 1 heterocycles. The van der Waals surface area contributed by atoms with Crippen molar-refractivity contribution in [3.8, 4) is 17.1 Å². The van der Waals surface area contributed by atoms with Gasteiger partial charge in [-0.15, -0.1) is 20.4 Å². The first-order valence-electron chi connectivity index (χ1n) is 4.09. The number of rotatable bonds is 1. The molecule has 1 aromatic carbocycles. The molecule has 1 aromatic heterocycles. The summed E-state index contributed by atoms with van der Waals surface area (Å²) in [6.45, 7) is 1.72. The fourth-order valence-corrected chi connectivity index (χ4v) is 1.01. The van der Waals surface area contributed by atoms with Gasteiger partial charge in [0.25, 0.3) is 0 Å². The molecule has 2 rings (SSSR count). The lowest BCUT2D eigenvalue weighted by molar-refractivity contribution is 0.475. The van der Waals surface area contributed by atoms with Crippen molar-refractivity contribution >= 4 is 0 Å². The second-order valence-electron chi connectivity index (χ2n) is 2.82. The molecule has 0 saturated heterocycles. The summed E-state index contributed by atoms with van der Waals surface area (Å²) >= 11 is 0. The molecule has 0 atom stereocenters. The van der Waals surface area contributed by atoms with Gasteiger partial charge in [-0.3, -0.25) is 0 Å². The number of aryl methyl sites for hydroxylation is 1. The highest BCUT2D eigenvalue weighted by Crippen LogP contribution is 2.16. The van der Waals surface area contributed by atoms with Crippen LogP contribution in [0.1, 0.15) is 5.82 Å². The van der Waals surface area contributed by atoms with Gasteiger partial charge in [0.2, 0.25) is 5.82 Å². The summed E-state index contributed by atoms with van der Waals surface area (Å²) in [5.41, 5.74) is 0.780. The summed E-state index contributed by atoms with van der Waals surface area (Å²) in [5.74, 6) is 1.20. The van der Waals surface area contributed by atoms with E-state index in [4.69, 9.17) is 5.11 Å². The molecule has 0 amide bonds. The van der Waals surface area contributed by atoms with Gasteiger partial charge in [0.15, 0.2) is 5.82 Å². The lowest BCUT2D eigenvalue weighted by Crippen LogP contribution is -1.98. The van der Waals surface area contributed by atoms with E-state index in [2.05, 4.69) is 20.4 Å². The Kier molecular flexibility index (Phi) is 2.06. The van der Waals surface area contributed by atoms with Crippen molar-refractivity contribution in [2.75, 3.05) is 0 Å². The largest absolute Gasteiger partial charge is 0.508 e. The molecule has 0 fully saturated rings. The Morgan fingerprint density at radius 3 is 2.07 bits per heavy atom. The van der Waals surface area contributed by atoms with Gasteiger partial charge in [0, 0.05) is 5.56 Å². The fourth-order valence-electron chi connectivity index (χ4n) is 1.01. The van der Waals surface area contributed by atoms with Gasteiger partial charge < -0.3 is 5.11 Å². The van der Waals surface area contributed by atoms with Crippen LogP contribution in [-0.2, 0) is 0 Å². The number of hydrogen-bond acceptors (Lipinski definition) is 5. The molecule has 2 aromatic rings. The molecule has 70 valence electrons. The maximum atomic E-state index is 9.08. The molecule has 0 saturated carbocycles. The number of benzene rings is 1. The summed E-state index contributed by atoms with van der Waals surface area (Å²) in [6.07, 6.45) is 0. The highest BCUT2D eigenvalue weighted by molar-refractivity contribution is 5.54. The third-order valence-electron chi connectivity index (χ3n) is 1.70. The van der Waals surface area contributed by atoms with E-state index in [-0.39, 0.29) is 5.75 Å². The number of nitrogens with zero attached hydrogens (tertiary/aromatic N) is 4. The van der Waals surface area contributed by atoms with Crippen LogP contribution in [0.15, 0.2) is 24.3 Å². The number of aromatic hydroxyl groups is 1. The van der Waals surface area contributed by atoms with Gasteiger partial charge in [0.05, 0.1) is 0 Å². The van der Waals surface area contributed by atoms with Crippen molar-refractivity contribution in [3.63, 3.8) is 0 Å². The topological polar surface area (TPSA) is 71.8 Å². The van der Waals surface area contributed by atoms with Crippen LogP contribution >= 0.6 is 0 Å². The van der Waals surface area contributed by atoms with Crippen molar-refractivity contribution in [2.24, 2.45) is 0 Å². The van der Waals surface area contributed by atoms with E-state index in [1.165, 1.54) is 0 Å². The molecule has 14 heavy (non-hydrogen) atoms. The third kappa shape index (κ3) is 1.66. The van der Waals surface area contributed by atoms with Gasteiger partial charge >= 0.3 is 0 Å². The molecule has 5 heteroatoms. The smallest absolute Gasteiger partial charge is 0.203 e. The van der Waals surface area contributed by atoms with E-state index >= 15 is 0 Å². The van der Waals surface area contributed by atoms with Crippen LogP contribution in [0, 0.1) is 6.92 Å². The van der Waals surface area contributed by atoms with Gasteiger partial charge in [0.1, 0.15) is 5.75 Å². The number of aromatic nitrogens is 4. The van der Waals surface area contributed by atoms with Gasteiger partial charge in [-0.1, -0.05) is 0 Å². The standard InChI is InChI=1S/C9H8N4O/c1-6-10-12-9(13-11-6)7-2-4-8(14)5-3-7/h2-5,14H,1H3. The Morgan fingerprint density at radius 2 is 1.50 bits per heavy atom. The molecule has 5 nitrogen and oxygen atoms in total. The van der Waals surface area contributed by atoms with Crippen molar-refractivity contribution < 1.29 is 5.11 Å². The lowest BCUT2D eigenvalue weighted by Gasteiger charge is -1.97. The first-order valence-corrected chi connectivity index (χ1v) is 4.09. The SMILES string of the molecule is Cc1nnc(-c2ccc(O)cc2)nn1. The predicted molar refractivity (Wildman–Crippen MR) is 49.5 cm³/mol. The van der Waals surface area contributed by atoms with Gasteiger partial charge in [-0.2, -0.15) is 0 Å². The van der Waals surface area contributed by atoms with Crippen LogP contribution in [0.4, 0.5) is 0 Å². The molecule has 0 aliphatic heterocycles. The van der Waals surface area contributed by atoms with Crippen LogP contribution < -0.4 is 0 Å². The summed E-state index contributed by atoms with van der Waals surface area (Å²) in [4.78, 5) is 0. The third-order valence-corrected chi connectivity index (χ3v) is 1.70. The normalized spacial score (nSPS) is 10.1. The lowest BCUT2D eigenvalue weighted by atomic mass is 10.2. The zero-order valence-electron chi connectivity index (χ0n) is 7.55. The van der Waals surface area contributed by atoms with Crippen LogP contribution in [0.3, 0.4) is 0 Å². The first kappa shape index (κ1) is 8.55. The number of phenols is 1. The van der Waals surface area contributed by atoms with E-state index < -0.39 is 0 Å². The zero-order chi connectivity index (χ0) is 9.97. The molecule has 0 spiro atoms. The average molecular weight is 188 g/mol. The van der Waals surface area contributed by atoms with E-state index in [9.17, 15) is 0 Å². The maximum Gasteiger partial charge on any atom is 0.203 e. The molecule has 0 aliphatic rings.